The lowest BCUT2D eigenvalue weighted by molar-refractivity contribution is -0.137. The molecule has 0 radical (unpaired) electrons. The van der Waals surface area contributed by atoms with Crippen LogP contribution in [0.5, 0.6) is 0 Å². The van der Waals surface area contributed by atoms with Crippen molar-refractivity contribution < 1.29 is 18.4 Å². The zero-order valence-electron chi connectivity index (χ0n) is 10.6. The van der Waals surface area contributed by atoms with Crippen LogP contribution in [0.25, 0.3) is 0 Å². The summed E-state index contributed by atoms with van der Waals surface area (Å²) in [5.74, 6) is -2.51. The van der Waals surface area contributed by atoms with Crippen molar-refractivity contribution in [3.05, 3.63) is 35.4 Å². The monoisotopic (exact) mass is 268 g/mol. The highest BCUT2D eigenvalue weighted by molar-refractivity contribution is 6.05. The first-order chi connectivity index (χ1) is 8.91. The number of hydrogen-bond donors (Lipinski definition) is 1. The van der Waals surface area contributed by atoms with Crippen LogP contribution in [0.4, 0.5) is 8.78 Å². The maximum Gasteiger partial charge on any atom is 0.246 e. The molecule has 102 valence electrons. The van der Waals surface area contributed by atoms with E-state index in [2.05, 4.69) is 5.32 Å². The summed E-state index contributed by atoms with van der Waals surface area (Å²) in [5.41, 5.74) is 0.134. The Hall–Kier alpha value is -1.82. The second-order valence-corrected chi connectivity index (χ2v) is 4.58. The number of likely N-dealkylation sites (tertiary alicyclic amines) is 1. The summed E-state index contributed by atoms with van der Waals surface area (Å²) in [7, 11) is 1.40. The third kappa shape index (κ3) is 2.49. The number of hydrogen-bond acceptors (Lipinski definition) is 3. The van der Waals surface area contributed by atoms with Crippen molar-refractivity contribution in [2.45, 2.75) is 25.4 Å². The van der Waals surface area contributed by atoms with Crippen LogP contribution < -0.4 is 5.32 Å². The molecule has 1 heterocycles. The predicted molar refractivity (Wildman–Crippen MR) is 64.1 cm³/mol. The number of imide groups is 1. The van der Waals surface area contributed by atoms with Crippen molar-refractivity contribution in [3.8, 4) is 0 Å². The van der Waals surface area contributed by atoms with E-state index in [0.29, 0.717) is 0 Å². The van der Waals surface area contributed by atoms with Gasteiger partial charge >= 0.3 is 0 Å². The maximum atomic E-state index is 13.6. The van der Waals surface area contributed by atoms with Gasteiger partial charge in [0.05, 0.1) is 12.5 Å². The van der Waals surface area contributed by atoms with Gasteiger partial charge < -0.3 is 0 Å². The molecule has 4 nitrogen and oxygen atoms in total. The van der Waals surface area contributed by atoms with E-state index in [1.165, 1.54) is 19.2 Å². The van der Waals surface area contributed by atoms with Gasteiger partial charge in [0.2, 0.25) is 11.8 Å². The van der Waals surface area contributed by atoms with Gasteiger partial charge in [-0.15, -0.1) is 0 Å². The molecular formula is C13H14F2N2O2. The van der Waals surface area contributed by atoms with E-state index in [0.717, 1.165) is 11.0 Å². The molecule has 0 bridgehead atoms. The third-order valence-corrected chi connectivity index (χ3v) is 3.28. The second-order valence-electron chi connectivity index (χ2n) is 4.58. The van der Waals surface area contributed by atoms with Gasteiger partial charge in [0, 0.05) is 18.7 Å². The molecule has 6 heteroatoms. The second kappa shape index (κ2) is 5.05. The predicted octanol–water partition coefficient (Wildman–Crippen LogP) is 1.37. The lowest BCUT2D eigenvalue weighted by Gasteiger charge is -2.18. The largest absolute Gasteiger partial charge is 0.299 e. The molecule has 0 saturated carbocycles. The van der Waals surface area contributed by atoms with Crippen molar-refractivity contribution in [2.24, 2.45) is 0 Å². The summed E-state index contributed by atoms with van der Waals surface area (Å²) in [6.07, 6.45) is 0.0383. The molecule has 1 saturated heterocycles. The summed E-state index contributed by atoms with van der Waals surface area (Å²) in [5, 5.41) is 2.86. The van der Waals surface area contributed by atoms with Crippen molar-refractivity contribution in [1.29, 1.82) is 0 Å². The van der Waals surface area contributed by atoms with Gasteiger partial charge in [-0.1, -0.05) is 12.1 Å². The Kier molecular flexibility index (Phi) is 3.61. The quantitative estimate of drug-likeness (QED) is 0.842. The van der Waals surface area contributed by atoms with Gasteiger partial charge in [0.25, 0.3) is 0 Å². The summed E-state index contributed by atoms with van der Waals surface area (Å²) < 4.78 is 26.7. The summed E-state index contributed by atoms with van der Waals surface area (Å²) in [6, 6.07) is 2.63. The maximum absolute atomic E-state index is 13.6. The minimum absolute atomic E-state index is 0.0383. The van der Waals surface area contributed by atoms with Gasteiger partial charge in [0.15, 0.2) is 11.6 Å². The van der Waals surface area contributed by atoms with Crippen LogP contribution in [-0.2, 0) is 9.59 Å². The van der Waals surface area contributed by atoms with Crippen LogP contribution in [0.3, 0.4) is 0 Å². The first kappa shape index (κ1) is 13.6. The van der Waals surface area contributed by atoms with Crippen molar-refractivity contribution in [1.82, 2.24) is 10.2 Å². The van der Waals surface area contributed by atoms with E-state index in [-0.39, 0.29) is 23.8 Å². The molecule has 2 unspecified atom stereocenters. The molecule has 1 N–H and O–H groups in total. The standard InChI is InChI=1S/C13H14F2N2O2/c1-7(8-4-3-5-9(14)12(8)15)16-10-6-11(18)17(2)13(10)19/h3-5,7,10,16H,6H2,1-2H3. The van der Waals surface area contributed by atoms with Crippen molar-refractivity contribution in [3.63, 3.8) is 0 Å². The SMILES string of the molecule is CC(NC1CC(=O)N(C)C1=O)c1cccc(F)c1F. The number of nitrogens with zero attached hydrogens (tertiary/aromatic N) is 1. The highest BCUT2D eigenvalue weighted by Crippen LogP contribution is 2.21. The molecule has 0 aliphatic carbocycles. The number of carbonyl (C=O) groups is 2. The van der Waals surface area contributed by atoms with Crippen molar-refractivity contribution >= 4 is 11.8 Å². The minimum atomic E-state index is -0.937. The van der Waals surface area contributed by atoms with E-state index in [9.17, 15) is 18.4 Å². The molecule has 0 aromatic heterocycles. The van der Waals surface area contributed by atoms with Gasteiger partial charge in [-0.05, 0) is 13.0 Å². The van der Waals surface area contributed by atoms with Gasteiger partial charge in [-0.25, -0.2) is 8.78 Å². The number of likely N-dealkylation sites (N-methyl/N-ethyl adjacent to an activating group) is 1. The van der Waals surface area contributed by atoms with Crippen LogP contribution in [-0.4, -0.2) is 29.8 Å². The molecule has 1 aromatic carbocycles. The van der Waals surface area contributed by atoms with E-state index in [1.807, 2.05) is 0 Å². The Morgan fingerprint density at radius 3 is 2.63 bits per heavy atom. The normalized spacial score (nSPS) is 21.1. The molecule has 1 aliphatic rings. The highest BCUT2D eigenvalue weighted by Gasteiger charge is 2.36. The molecular weight excluding hydrogens is 254 g/mol. The zero-order valence-corrected chi connectivity index (χ0v) is 10.6. The van der Waals surface area contributed by atoms with E-state index < -0.39 is 23.7 Å². The number of amides is 2. The van der Waals surface area contributed by atoms with E-state index >= 15 is 0 Å². The average Bonchev–Trinajstić information content (AvgIpc) is 2.60. The Morgan fingerprint density at radius 1 is 1.37 bits per heavy atom. The fourth-order valence-corrected chi connectivity index (χ4v) is 2.13. The van der Waals surface area contributed by atoms with Crippen LogP contribution in [0.15, 0.2) is 18.2 Å². The fourth-order valence-electron chi connectivity index (χ4n) is 2.13. The lowest BCUT2D eigenvalue weighted by atomic mass is 10.1. The molecule has 0 spiro atoms. The number of benzene rings is 1. The van der Waals surface area contributed by atoms with Gasteiger partial charge in [-0.3, -0.25) is 19.8 Å². The Balaban J connectivity index is 2.14. The van der Waals surface area contributed by atoms with Gasteiger partial charge in [-0.2, -0.15) is 0 Å². The fraction of sp³-hybridized carbons (Fsp3) is 0.385. The van der Waals surface area contributed by atoms with Gasteiger partial charge in [0.1, 0.15) is 0 Å². The molecule has 2 rings (SSSR count). The van der Waals surface area contributed by atoms with Crippen LogP contribution in [0, 0.1) is 11.6 Å². The first-order valence-corrected chi connectivity index (χ1v) is 5.92. The Labute approximate surface area is 109 Å². The third-order valence-electron chi connectivity index (χ3n) is 3.28. The number of rotatable bonds is 3. The zero-order chi connectivity index (χ0) is 14.2. The molecule has 2 amide bonds. The highest BCUT2D eigenvalue weighted by atomic mass is 19.2. The van der Waals surface area contributed by atoms with Crippen LogP contribution in [0.1, 0.15) is 24.9 Å². The van der Waals surface area contributed by atoms with Crippen molar-refractivity contribution in [2.75, 3.05) is 7.05 Å². The molecule has 1 aromatic rings. The smallest absolute Gasteiger partial charge is 0.246 e. The van der Waals surface area contributed by atoms with Crippen LogP contribution >= 0.6 is 0 Å². The van der Waals surface area contributed by atoms with E-state index in [4.69, 9.17) is 0 Å². The number of carbonyl (C=O) groups excluding carboxylic acids is 2. The first-order valence-electron chi connectivity index (χ1n) is 5.92. The lowest BCUT2D eigenvalue weighted by Crippen LogP contribution is -2.38. The van der Waals surface area contributed by atoms with Crippen LogP contribution in [0.2, 0.25) is 0 Å². The number of nitrogens with one attached hydrogen (secondary N) is 1. The average molecular weight is 268 g/mol. The number of halogens is 2. The topological polar surface area (TPSA) is 49.4 Å². The summed E-state index contributed by atoms with van der Waals surface area (Å²) in [6.45, 7) is 1.62. The molecule has 1 aliphatic heterocycles. The Morgan fingerprint density at radius 2 is 2.05 bits per heavy atom. The summed E-state index contributed by atoms with van der Waals surface area (Å²) in [4.78, 5) is 24.1. The molecule has 2 atom stereocenters. The minimum Gasteiger partial charge on any atom is -0.299 e. The Bertz CT molecular complexity index is 533. The van der Waals surface area contributed by atoms with E-state index in [1.54, 1.807) is 6.92 Å². The molecule has 1 fully saturated rings. The summed E-state index contributed by atoms with van der Waals surface area (Å²) >= 11 is 0. The molecule has 19 heavy (non-hydrogen) atoms.